The summed E-state index contributed by atoms with van der Waals surface area (Å²) in [6.07, 6.45) is 1.49. The Morgan fingerprint density at radius 1 is 1.00 bits per heavy atom. The van der Waals surface area contributed by atoms with Gasteiger partial charge in [-0.25, -0.2) is 0 Å². The molecule has 2 aromatic carbocycles. The molecule has 0 saturated heterocycles. The molecule has 18 heavy (non-hydrogen) atoms. The predicted molar refractivity (Wildman–Crippen MR) is 73.4 cm³/mol. The van der Waals surface area contributed by atoms with E-state index in [1.54, 1.807) is 0 Å². The van der Waals surface area contributed by atoms with Gasteiger partial charge in [0, 0.05) is 5.41 Å². The SMILES string of the molecule is C[C@@]1(c2ccccc2)C[C@@H]1OCc1ccccc1. The third-order valence-electron chi connectivity index (χ3n) is 3.89. The molecular formula is C17H18O. The fourth-order valence-electron chi connectivity index (χ4n) is 2.46. The van der Waals surface area contributed by atoms with E-state index in [1.807, 2.05) is 6.07 Å². The summed E-state index contributed by atoms with van der Waals surface area (Å²) < 4.78 is 6.01. The zero-order valence-electron chi connectivity index (χ0n) is 10.7. The molecule has 0 bridgehead atoms. The summed E-state index contributed by atoms with van der Waals surface area (Å²) >= 11 is 0. The fourth-order valence-corrected chi connectivity index (χ4v) is 2.46. The van der Waals surface area contributed by atoms with Crippen LogP contribution in [0.2, 0.25) is 0 Å². The van der Waals surface area contributed by atoms with Gasteiger partial charge in [0.25, 0.3) is 0 Å². The Bertz CT molecular complexity index is 506. The zero-order chi connectivity index (χ0) is 12.4. The Kier molecular flexibility index (Phi) is 2.92. The number of benzene rings is 2. The maximum atomic E-state index is 6.01. The number of hydrogen-bond donors (Lipinski definition) is 0. The van der Waals surface area contributed by atoms with Crippen LogP contribution < -0.4 is 0 Å². The van der Waals surface area contributed by atoms with Crippen LogP contribution in [0.25, 0.3) is 0 Å². The molecule has 0 radical (unpaired) electrons. The highest BCUT2D eigenvalue weighted by atomic mass is 16.5. The molecule has 0 N–H and O–H groups in total. The molecule has 92 valence electrons. The summed E-state index contributed by atoms with van der Waals surface area (Å²) in [6.45, 7) is 3.01. The van der Waals surface area contributed by atoms with Crippen molar-refractivity contribution in [2.45, 2.75) is 31.5 Å². The van der Waals surface area contributed by atoms with E-state index < -0.39 is 0 Å². The average Bonchev–Trinajstić information content (AvgIpc) is 3.11. The van der Waals surface area contributed by atoms with E-state index in [4.69, 9.17) is 4.74 Å². The Morgan fingerprint density at radius 2 is 1.61 bits per heavy atom. The second kappa shape index (κ2) is 4.58. The summed E-state index contributed by atoms with van der Waals surface area (Å²) in [4.78, 5) is 0. The summed E-state index contributed by atoms with van der Waals surface area (Å²) in [5, 5.41) is 0. The smallest absolute Gasteiger partial charge is 0.0721 e. The molecule has 0 aliphatic heterocycles. The van der Waals surface area contributed by atoms with Crippen molar-refractivity contribution in [2.75, 3.05) is 0 Å². The average molecular weight is 238 g/mol. The monoisotopic (exact) mass is 238 g/mol. The van der Waals surface area contributed by atoms with Crippen molar-refractivity contribution < 1.29 is 4.74 Å². The third kappa shape index (κ3) is 2.19. The molecule has 1 fully saturated rings. The first-order chi connectivity index (χ1) is 8.79. The largest absolute Gasteiger partial charge is 0.373 e. The Hall–Kier alpha value is -1.60. The van der Waals surface area contributed by atoms with Gasteiger partial charge in [-0.3, -0.25) is 0 Å². The first-order valence-electron chi connectivity index (χ1n) is 6.50. The van der Waals surface area contributed by atoms with Crippen LogP contribution in [0.4, 0.5) is 0 Å². The van der Waals surface area contributed by atoms with Crippen LogP contribution >= 0.6 is 0 Å². The minimum atomic E-state index is 0.218. The van der Waals surface area contributed by atoms with Gasteiger partial charge >= 0.3 is 0 Å². The van der Waals surface area contributed by atoms with Crippen molar-refractivity contribution in [3.63, 3.8) is 0 Å². The zero-order valence-corrected chi connectivity index (χ0v) is 10.7. The first kappa shape index (κ1) is 11.5. The van der Waals surface area contributed by atoms with E-state index in [9.17, 15) is 0 Å². The van der Waals surface area contributed by atoms with E-state index in [-0.39, 0.29) is 5.41 Å². The molecular weight excluding hydrogens is 220 g/mol. The van der Waals surface area contributed by atoms with Gasteiger partial charge in [-0.2, -0.15) is 0 Å². The van der Waals surface area contributed by atoms with Gasteiger partial charge in [-0.05, 0) is 17.5 Å². The molecule has 0 heterocycles. The summed E-state index contributed by atoms with van der Waals surface area (Å²) in [7, 11) is 0. The van der Waals surface area contributed by atoms with Gasteiger partial charge in [-0.15, -0.1) is 0 Å². The first-order valence-corrected chi connectivity index (χ1v) is 6.50. The van der Waals surface area contributed by atoms with Crippen molar-refractivity contribution in [3.05, 3.63) is 71.8 Å². The lowest BCUT2D eigenvalue weighted by atomic mass is 9.98. The summed E-state index contributed by atoms with van der Waals surface area (Å²) in [6, 6.07) is 21.1. The molecule has 1 aliphatic rings. The van der Waals surface area contributed by atoms with Crippen LogP contribution in [-0.4, -0.2) is 6.10 Å². The Balaban J connectivity index is 1.61. The highest BCUT2D eigenvalue weighted by Gasteiger charge is 2.52. The lowest BCUT2D eigenvalue weighted by Crippen LogP contribution is -2.10. The van der Waals surface area contributed by atoms with E-state index in [0.29, 0.717) is 12.7 Å². The van der Waals surface area contributed by atoms with Gasteiger partial charge in [0.05, 0.1) is 12.7 Å². The van der Waals surface area contributed by atoms with Crippen molar-refractivity contribution in [1.82, 2.24) is 0 Å². The van der Waals surface area contributed by atoms with E-state index in [1.165, 1.54) is 11.1 Å². The number of rotatable bonds is 4. The van der Waals surface area contributed by atoms with Crippen LogP contribution in [0.3, 0.4) is 0 Å². The molecule has 2 aromatic rings. The van der Waals surface area contributed by atoms with Crippen LogP contribution in [0.1, 0.15) is 24.5 Å². The van der Waals surface area contributed by atoms with E-state index in [2.05, 4.69) is 61.5 Å². The van der Waals surface area contributed by atoms with Gasteiger partial charge in [0.15, 0.2) is 0 Å². The van der Waals surface area contributed by atoms with Crippen molar-refractivity contribution in [2.24, 2.45) is 0 Å². The quantitative estimate of drug-likeness (QED) is 0.784. The minimum Gasteiger partial charge on any atom is -0.373 e. The van der Waals surface area contributed by atoms with Crippen LogP contribution in [0.5, 0.6) is 0 Å². The lowest BCUT2D eigenvalue weighted by Gasteiger charge is -2.12. The second-order valence-corrected chi connectivity index (χ2v) is 5.27. The standard InChI is InChI=1S/C17H18O/c1-17(15-10-6-3-7-11-15)12-16(17)18-13-14-8-4-2-5-9-14/h2-11,16H,12-13H2,1H3/t16-,17-/m0/s1. The molecule has 0 amide bonds. The third-order valence-corrected chi connectivity index (χ3v) is 3.89. The normalized spacial score (nSPS) is 25.9. The molecule has 0 unspecified atom stereocenters. The van der Waals surface area contributed by atoms with E-state index >= 15 is 0 Å². The van der Waals surface area contributed by atoms with Crippen molar-refractivity contribution in [1.29, 1.82) is 0 Å². The molecule has 1 heteroatoms. The predicted octanol–water partition coefficient (Wildman–Crippen LogP) is 3.93. The van der Waals surface area contributed by atoms with Gasteiger partial charge in [0.2, 0.25) is 0 Å². The molecule has 3 rings (SSSR count). The van der Waals surface area contributed by atoms with Gasteiger partial charge in [0.1, 0.15) is 0 Å². The highest BCUT2D eigenvalue weighted by molar-refractivity contribution is 5.33. The topological polar surface area (TPSA) is 9.23 Å². The van der Waals surface area contributed by atoms with Gasteiger partial charge in [-0.1, -0.05) is 67.6 Å². The van der Waals surface area contributed by atoms with Crippen molar-refractivity contribution >= 4 is 0 Å². The lowest BCUT2D eigenvalue weighted by molar-refractivity contribution is 0.0917. The van der Waals surface area contributed by atoms with Crippen LogP contribution in [0.15, 0.2) is 60.7 Å². The molecule has 0 spiro atoms. The second-order valence-electron chi connectivity index (χ2n) is 5.27. The molecule has 2 atom stereocenters. The van der Waals surface area contributed by atoms with Crippen molar-refractivity contribution in [3.8, 4) is 0 Å². The van der Waals surface area contributed by atoms with Crippen LogP contribution in [0, 0.1) is 0 Å². The number of ether oxygens (including phenoxy) is 1. The fraction of sp³-hybridized carbons (Fsp3) is 0.294. The van der Waals surface area contributed by atoms with Crippen LogP contribution in [-0.2, 0) is 16.8 Å². The maximum Gasteiger partial charge on any atom is 0.0721 e. The maximum absolute atomic E-state index is 6.01. The minimum absolute atomic E-state index is 0.218. The summed E-state index contributed by atoms with van der Waals surface area (Å²) in [5.74, 6) is 0. The molecule has 1 nitrogen and oxygen atoms in total. The summed E-state index contributed by atoms with van der Waals surface area (Å²) in [5.41, 5.74) is 2.86. The number of hydrogen-bond acceptors (Lipinski definition) is 1. The molecule has 1 saturated carbocycles. The van der Waals surface area contributed by atoms with E-state index in [0.717, 1.165) is 6.42 Å². The highest BCUT2D eigenvalue weighted by Crippen LogP contribution is 2.50. The Morgan fingerprint density at radius 3 is 2.28 bits per heavy atom. The Labute approximate surface area is 108 Å². The van der Waals surface area contributed by atoms with Gasteiger partial charge < -0.3 is 4.74 Å². The molecule has 1 aliphatic carbocycles. The molecule has 0 aromatic heterocycles.